The smallest absolute Gasteiger partial charge is 0.312 e. The molecule has 3 amide bonds. The fourth-order valence-electron chi connectivity index (χ4n) is 1.59. The van der Waals surface area contributed by atoms with Gasteiger partial charge in [0.05, 0.1) is 6.61 Å². The molecule has 6 heteroatoms. The number of nitrogens with two attached hydrogens (primary N) is 1. The Hall–Kier alpha value is -2.08. The van der Waals surface area contributed by atoms with E-state index in [0.717, 1.165) is 12.0 Å². The van der Waals surface area contributed by atoms with Gasteiger partial charge >= 0.3 is 6.03 Å². The molecule has 20 heavy (non-hydrogen) atoms. The Labute approximate surface area is 118 Å². The predicted molar refractivity (Wildman–Crippen MR) is 75.7 cm³/mol. The molecule has 0 aliphatic rings. The monoisotopic (exact) mass is 279 g/mol. The van der Waals surface area contributed by atoms with Gasteiger partial charge in [-0.2, -0.15) is 0 Å². The van der Waals surface area contributed by atoms with Crippen LogP contribution in [0.3, 0.4) is 0 Å². The maximum Gasteiger partial charge on any atom is 0.312 e. The third-order valence-corrected chi connectivity index (χ3v) is 2.61. The standard InChI is InChI=1S/C14H21N3O3/c15-14(19)16-9-5-4-8-13(18)17-11-20-10-12-6-2-1-3-7-12/h1-3,6-7H,4-5,8-11H2,(H,17,18)(H3,15,16,19). The third kappa shape index (κ3) is 8.10. The maximum absolute atomic E-state index is 11.4. The Morgan fingerprint density at radius 1 is 1.10 bits per heavy atom. The third-order valence-electron chi connectivity index (χ3n) is 2.61. The second-order valence-corrected chi connectivity index (χ2v) is 4.33. The van der Waals surface area contributed by atoms with Crippen LogP contribution < -0.4 is 16.4 Å². The number of primary amides is 1. The highest BCUT2D eigenvalue weighted by Gasteiger charge is 2.00. The van der Waals surface area contributed by atoms with Crippen LogP contribution in [0.5, 0.6) is 0 Å². The SMILES string of the molecule is NC(=O)NCCCCC(=O)NCOCc1ccccc1. The second kappa shape index (κ2) is 9.80. The summed E-state index contributed by atoms with van der Waals surface area (Å²) in [6.07, 6.45) is 1.83. The molecule has 0 unspecified atom stereocenters. The molecule has 0 radical (unpaired) electrons. The summed E-state index contributed by atoms with van der Waals surface area (Å²) in [5.41, 5.74) is 5.99. The topological polar surface area (TPSA) is 93.5 Å². The summed E-state index contributed by atoms with van der Waals surface area (Å²) < 4.78 is 5.34. The fourth-order valence-corrected chi connectivity index (χ4v) is 1.59. The van der Waals surface area contributed by atoms with Crippen molar-refractivity contribution in [2.45, 2.75) is 25.9 Å². The number of nitrogens with one attached hydrogen (secondary N) is 2. The quantitative estimate of drug-likeness (QED) is 0.467. The number of amides is 3. The van der Waals surface area contributed by atoms with Crippen molar-refractivity contribution in [1.29, 1.82) is 0 Å². The van der Waals surface area contributed by atoms with Crippen molar-refractivity contribution in [2.24, 2.45) is 5.73 Å². The fraction of sp³-hybridized carbons (Fsp3) is 0.429. The lowest BCUT2D eigenvalue weighted by Crippen LogP contribution is -2.30. The predicted octanol–water partition coefficient (Wildman–Crippen LogP) is 1.12. The van der Waals surface area contributed by atoms with Crippen LogP contribution >= 0.6 is 0 Å². The van der Waals surface area contributed by atoms with Crippen molar-refractivity contribution in [1.82, 2.24) is 10.6 Å². The van der Waals surface area contributed by atoms with Gasteiger partial charge in [-0.05, 0) is 18.4 Å². The lowest BCUT2D eigenvalue weighted by Gasteiger charge is -2.07. The molecule has 6 nitrogen and oxygen atoms in total. The van der Waals surface area contributed by atoms with Crippen molar-refractivity contribution < 1.29 is 14.3 Å². The van der Waals surface area contributed by atoms with E-state index in [4.69, 9.17) is 10.5 Å². The van der Waals surface area contributed by atoms with Crippen LogP contribution in [0.25, 0.3) is 0 Å². The van der Waals surface area contributed by atoms with Gasteiger partial charge in [-0.25, -0.2) is 4.79 Å². The van der Waals surface area contributed by atoms with Crippen LogP contribution in [0.1, 0.15) is 24.8 Å². The maximum atomic E-state index is 11.4. The highest BCUT2D eigenvalue weighted by atomic mass is 16.5. The number of unbranched alkanes of at least 4 members (excludes halogenated alkanes) is 1. The van der Waals surface area contributed by atoms with Gasteiger partial charge in [0.1, 0.15) is 6.73 Å². The molecular weight excluding hydrogens is 258 g/mol. The average Bonchev–Trinajstić information content (AvgIpc) is 2.44. The average molecular weight is 279 g/mol. The van der Waals surface area contributed by atoms with Gasteiger partial charge in [0.2, 0.25) is 5.91 Å². The molecular formula is C14H21N3O3. The molecule has 1 aromatic rings. The van der Waals surface area contributed by atoms with Crippen LogP contribution in [0.15, 0.2) is 30.3 Å². The summed E-state index contributed by atoms with van der Waals surface area (Å²) in [5, 5.41) is 5.15. The molecule has 1 aromatic carbocycles. The summed E-state index contributed by atoms with van der Waals surface area (Å²) in [4.78, 5) is 21.9. The van der Waals surface area contributed by atoms with Crippen molar-refractivity contribution in [2.75, 3.05) is 13.3 Å². The van der Waals surface area contributed by atoms with Gasteiger partial charge < -0.3 is 21.1 Å². The molecule has 4 N–H and O–H groups in total. The number of carbonyl (C=O) groups is 2. The molecule has 0 saturated carbocycles. The molecule has 0 atom stereocenters. The number of hydrogen-bond acceptors (Lipinski definition) is 3. The molecule has 0 bridgehead atoms. The van der Waals surface area contributed by atoms with E-state index >= 15 is 0 Å². The van der Waals surface area contributed by atoms with E-state index in [1.54, 1.807) is 0 Å². The largest absolute Gasteiger partial charge is 0.357 e. The molecule has 0 heterocycles. The van der Waals surface area contributed by atoms with E-state index in [9.17, 15) is 9.59 Å². The molecule has 0 aliphatic heterocycles. The zero-order valence-corrected chi connectivity index (χ0v) is 11.4. The van der Waals surface area contributed by atoms with Crippen LogP contribution in [0, 0.1) is 0 Å². The van der Waals surface area contributed by atoms with Crippen LogP contribution in [0.4, 0.5) is 4.79 Å². The molecule has 0 saturated heterocycles. The number of hydrogen-bond donors (Lipinski definition) is 3. The van der Waals surface area contributed by atoms with E-state index in [1.165, 1.54) is 0 Å². The number of benzene rings is 1. The Bertz CT molecular complexity index is 409. The molecule has 0 spiro atoms. The number of urea groups is 1. The minimum Gasteiger partial charge on any atom is -0.357 e. The minimum atomic E-state index is -0.538. The van der Waals surface area contributed by atoms with Crippen LogP contribution in [-0.2, 0) is 16.1 Å². The lowest BCUT2D eigenvalue weighted by atomic mass is 10.2. The van der Waals surface area contributed by atoms with Gasteiger partial charge in [0, 0.05) is 13.0 Å². The molecule has 0 aromatic heterocycles. The van der Waals surface area contributed by atoms with Gasteiger partial charge in [-0.1, -0.05) is 30.3 Å². The first-order valence-electron chi connectivity index (χ1n) is 6.60. The van der Waals surface area contributed by atoms with E-state index in [2.05, 4.69) is 10.6 Å². The van der Waals surface area contributed by atoms with Crippen molar-refractivity contribution in [3.63, 3.8) is 0 Å². The Morgan fingerprint density at radius 2 is 1.85 bits per heavy atom. The molecule has 1 rings (SSSR count). The first-order chi connectivity index (χ1) is 9.68. The van der Waals surface area contributed by atoms with Gasteiger partial charge in [0.15, 0.2) is 0 Å². The zero-order chi connectivity index (χ0) is 14.6. The van der Waals surface area contributed by atoms with Gasteiger partial charge in [-0.3, -0.25) is 4.79 Å². The normalized spacial score (nSPS) is 10.0. The summed E-state index contributed by atoms with van der Waals surface area (Å²) in [7, 11) is 0. The number of rotatable bonds is 9. The highest BCUT2D eigenvalue weighted by Crippen LogP contribution is 1.99. The van der Waals surface area contributed by atoms with Gasteiger partial charge in [0.25, 0.3) is 0 Å². The Balaban J connectivity index is 1.96. The van der Waals surface area contributed by atoms with Crippen LogP contribution in [0.2, 0.25) is 0 Å². The first-order valence-corrected chi connectivity index (χ1v) is 6.60. The summed E-state index contributed by atoms with van der Waals surface area (Å²) in [5.74, 6) is -0.0582. The summed E-state index contributed by atoms with van der Waals surface area (Å²) >= 11 is 0. The van der Waals surface area contributed by atoms with E-state index in [0.29, 0.717) is 26.0 Å². The molecule has 0 aliphatic carbocycles. The van der Waals surface area contributed by atoms with Crippen molar-refractivity contribution in [3.8, 4) is 0 Å². The summed E-state index contributed by atoms with van der Waals surface area (Å²) in [6, 6.07) is 9.22. The zero-order valence-electron chi connectivity index (χ0n) is 11.4. The molecule has 0 fully saturated rings. The minimum absolute atomic E-state index is 0.0582. The number of carbonyl (C=O) groups excluding carboxylic acids is 2. The van der Waals surface area contributed by atoms with E-state index < -0.39 is 6.03 Å². The first kappa shape index (κ1) is 16.0. The van der Waals surface area contributed by atoms with Crippen molar-refractivity contribution in [3.05, 3.63) is 35.9 Å². The number of ether oxygens (including phenoxy) is 1. The van der Waals surface area contributed by atoms with Crippen molar-refractivity contribution >= 4 is 11.9 Å². The second-order valence-electron chi connectivity index (χ2n) is 4.33. The van der Waals surface area contributed by atoms with Gasteiger partial charge in [-0.15, -0.1) is 0 Å². The Morgan fingerprint density at radius 3 is 2.55 bits per heavy atom. The van der Waals surface area contributed by atoms with E-state index in [1.807, 2.05) is 30.3 Å². The highest BCUT2D eigenvalue weighted by molar-refractivity contribution is 5.75. The summed E-state index contributed by atoms with van der Waals surface area (Å²) in [6.45, 7) is 1.17. The van der Waals surface area contributed by atoms with Crippen LogP contribution in [-0.4, -0.2) is 25.2 Å². The van der Waals surface area contributed by atoms with E-state index in [-0.39, 0.29) is 12.6 Å². The molecule has 110 valence electrons. The lowest BCUT2D eigenvalue weighted by molar-refractivity contribution is -0.123. The Kier molecular flexibility index (Phi) is 7.83.